The number of hydrogen-bond acceptors (Lipinski definition) is 4. The molecule has 2 aromatic rings. The Morgan fingerprint density at radius 2 is 1.96 bits per heavy atom. The van der Waals surface area contributed by atoms with E-state index >= 15 is 0 Å². The highest BCUT2D eigenvalue weighted by molar-refractivity contribution is 6.00. The molecule has 1 amide bonds. The Kier molecular flexibility index (Phi) is 4.28. The van der Waals surface area contributed by atoms with Gasteiger partial charge in [0.25, 0.3) is 5.91 Å². The van der Waals surface area contributed by atoms with Gasteiger partial charge in [-0.15, -0.1) is 0 Å². The third-order valence-corrected chi connectivity index (χ3v) is 3.62. The van der Waals surface area contributed by atoms with Crippen molar-refractivity contribution in [2.75, 3.05) is 11.9 Å². The van der Waals surface area contributed by atoms with E-state index in [0.717, 1.165) is 11.3 Å². The lowest BCUT2D eigenvalue weighted by Gasteiger charge is -2.23. The van der Waals surface area contributed by atoms with Crippen LogP contribution in [0.4, 0.5) is 5.69 Å². The van der Waals surface area contributed by atoms with Crippen LogP contribution in [0.15, 0.2) is 48.5 Å². The molecule has 5 heteroatoms. The molecule has 23 heavy (non-hydrogen) atoms. The van der Waals surface area contributed by atoms with Crippen molar-refractivity contribution in [3.05, 3.63) is 59.7 Å². The van der Waals surface area contributed by atoms with Gasteiger partial charge < -0.3 is 14.8 Å². The molecule has 0 fully saturated rings. The normalized spacial score (nSPS) is 16.2. The summed E-state index contributed by atoms with van der Waals surface area (Å²) in [6, 6.07) is 14.2. The molecule has 0 spiro atoms. The molecule has 3 rings (SSSR count). The molecule has 0 bridgehead atoms. The van der Waals surface area contributed by atoms with Gasteiger partial charge in [-0.1, -0.05) is 18.2 Å². The number of esters is 1. The van der Waals surface area contributed by atoms with Crippen LogP contribution >= 0.6 is 0 Å². The second-order valence-electron chi connectivity index (χ2n) is 5.20. The van der Waals surface area contributed by atoms with Crippen molar-refractivity contribution in [3.8, 4) is 5.75 Å². The van der Waals surface area contributed by atoms with E-state index in [4.69, 9.17) is 9.47 Å². The predicted molar refractivity (Wildman–Crippen MR) is 85.6 cm³/mol. The van der Waals surface area contributed by atoms with E-state index in [0.29, 0.717) is 24.3 Å². The first-order chi connectivity index (χ1) is 11.2. The maximum absolute atomic E-state index is 12.3. The standard InChI is InChI=1S/C18H17NO4/c1-2-22-14-9-7-13(8-10-14)19-17(20)16-11-12-5-3-4-6-15(12)18(21)23-16/h3-10,16H,2,11H2,1H3,(H,19,20)/t16-/m1/s1. The quantitative estimate of drug-likeness (QED) is 0.882. The number of rotatable bonds is 4. The minimum absolute atomic E-state index is 0.336. The van der Waals surface area contributed by atoms with Crippen molar-refractivity contribution < 1.29 is 19.1 Å². The highest BCUT2D eigenvalue weighted by atomic mass is 16.5. The largest absolute Gasteiger partial charge is 0.494 e. The Labute approximate surface area is 134 Å². The molecule has 118 valence electrons. The van der Waals surface area contributed by atoms with Gasteiger partial charge in [-0.25, -0.2) is 4.79 Å². The monoisotopic (exact) mass is 311 g/mol. The molecule has 1 aliphatic rings. The van der Waals surface area contributed by atoms with E-state index in [-0.39, 0.29) is 5.91 Å². The van der Waals surface area contributed by atoms with Gasteiger partial charge in [-0.05, 0) is 42.8 Å². The predicted octanol–water partition coefficient (Wildman–Crippen LogP) is 2.81. The molecular formula is C18H17NO4. The summed E-state index contributed by atoms with van der Waals surface area (Å²) >= 11 is 0. The first-order valence-electron chi connectivity index (χ1n) is 7.50. The third kappa shape index (κ3) is 3.34. The summed E-state index contributed by atoms with van der Waals surface area (Å²) < 4.78 is 10.6. The average molecular weight is 311 g/mol. The number of anilines is 1. The molecule has 1 heterocycles. The van der Waals surface area contributed by atoms with Crippen molar-refractivity contribution in [2.45, 2.75) is 19.4 Å². The van der Waals surface area contributed by atoms with Crippen LogP contribution in [0.3, 0.4) is 0 Å². The van der Waals surface area contributed by atoms with E-state index in [9.17, 15) is 9.59 Å². The molecule has 1 N–H and O–H groups in total. The van der Waals surface area contributed by atoms with Crippen molar-refractivity contribution in [1.29, 1.82) is 0 Å². The second kappa shape index (κ2) is 6.52. The van der Waals surface area contributed by atoms with Gasteiger partial charge in [-0.2, -0.15) is 0 Å². The molecule has 1 atom stereocenters. The first kappa shape index (κ1) is 15.1. The number of hydrogen-bond donors (Lipinski definition) is 1. The lowest BCUT2D eigenvalue weighted by atomic mass is 9.98. The van der Waals surface area contributed by atoms with E-state index in [1.165, 1.54) is 0 Å². The summed E-state index contributed by atoms with van der Waals surface area (Å²) in [4.78, 5) is 24.3. The van der Waals surface area contributed by atoms with Gasteiger partial charge >= 0.3 is 5.97 Å². The molecule has 2 aromatic carbocycles. The van der Waals surface area contributed by atoms with Crippen molar-refractivity contribution in [3.63, 3.8) is 0 Å². The molecule has 0 saturated heterocycles. The van der Waals surface area contributed by atoms with Gasteiger partial charge in [-0.3, -0.25) is 4.79 Å². The van der Waals surface area contributed by atoms with Crippen molar-refractivity contribution in [1.82, 2.24) is 0 Å². The van der Waals surface area contributed by atoms with Gasteiger partial charge in [0.2, 0.25) is 0 Å². The van der Waals surface area contributed by atoms with Crippen LogP contribution in [-0.2, 0) is 16.0 Å². The van der Waals surface area contributed by atoms with Crippen LogP contribution in [0.1, 0.15) is 22.8 Å². The summed E-state index contributed by atoms with van der Waals surface area (Å²) in [5.74, 6) is -0.0563. The lowest BCUT2D eigenvalue weighted by molar-refractivity contribution is -0.125. The molecule has 1 aliphatic heterocycles. The smallest absolute Gasteiger partial charge is 0.339 e. The number of carbonyl (C=O) groups is 2. The number of fused-ring (bicyclic) bond motifs is 1. The highest BCUT2D eigenvalue weighted by Gasteiger charge is 2.30. The van der Waals surface area contributed by atoms with Crippen LogP contribution < -0.4 is 10.1 Å². The minimum atomic E-state index is -0.816. The molecular weight excluding hydrogens is 294 g/mol. The number of ether oxygens (including phenoxy) is 2. The Morgan fingerprint density at radius 3 is 2.70 bits per heavy atom. The summed E-state index contributed by atoms with van der Waals surface area (Å²) in [5, 5.41) is 2.76. The maximum atomic E-state index is 12.3. The van der Waals surface area contributed by atoms with Crippen molar-refractivity contribution >= 4 is 17.6 Å². The van der Waals surface area contributed by atoms with E-state index in [1.807, 2.05) is 19.1 Å². The maximum Gasteiger partial charge on any atom is 0.339 e. The van der Waals surface area contributed by atoms with Gasteiger partial charge in [0.15, 0.2) is 6.10 Å². The second-order valence-corrected chi connectivity index (χ2v) is 5.20. The fourth-order valence-corrected chi connectivity index (χ4v) is 2.50. The molecule has 0 saturated carbocycles. The molecule has 5 nitrogen and oxygen atoms in total. The van der Waals surface area contributed by atoms with Crippen molar-refractivity contribution in [2.24, 2.45) is 0 Å². The summed E-state index contributed by atoms with van der Waals surface area (Å²) in [7, 11) is 0. The zero-order valence-corrected chi connectivity index (χ0v) is 12.7. The lowest BCUT2D eigenvalue weighted by Crippen LogP contribution is -2.37. The fraction of sp³-hybridized carbons (Fsp3) is 0.222. The van der Waals surface area contributed by atoms with Crippen LogP contribution in [0.5, 0.6) is 5.75 Å². The summed E-state index contributed by atoms with van der Waals surface area (Å²) in [5.41, 5.74) is 1.99. The fourth-order valence-electron chi connectivity index (χ4n) is 2.50. The Bertz CT molecular complexity index is 724. The van der Waals surface area contributed by atoms with E-state index in [2.05, 4.69) is 5.32 Å². The summed E-state index contributed by atoms with van der Waals surface area (Å²) in [6.07, 6.45) is -0.436. The van der Waals surface area contributed by atoms with Crippen LogP contribution in [-0.4, -0.2) is 24.6 Å². The van der Waals surface area contributed by atoms with Crippen LogP contribution in [0.25, 0.3) is 0 Å². The molecule has 0 aromatic heterocycles. The Hall–Kier alpha value is -2.82. The number of carbonyl (C=O) groups excluding carboxylic acids is 2. The van der Waals surface area contributed by atoms with Gasteiger partial charge in [0.05, 0.1) is 12.2 Å². The van der Waals surface area contributed by atoms with Crippen LogP contribution in [0, 0.1) is 0 Å². The topological polar surface area (TPSA) is 64.6 Å². The zero-order chi connectivity index (χ0) is 16.2. The highest BCUT2D eigenvalue weighted by Crippen LogP contribution is 2.22. The zero-order valence-electron chi connectivity index (χ0n) is 12.7. The summed E-state index contributed by atoms with van der Waals surface area (Å²) in [6.45, 7) is 2.49. The number of amides is 1. The first-order valence-corrected chi connectivity index (χ1v) is 7.50. The SMILES string of the molecule is CCOc1ccc(NC(=O)[C@H]2Cc3ccccc3C(=O)O2)cc1. The number of benzene rings is 2. The third-order valence-electron chi connectivity index (χ3n) is 3.62. The van der Waals surface area contributed by atoms with E-state index < -0.39 is 12.1 Å². The van der Waals surface area contributed by atoms with E-state index in [1.54, 1.807) is 36.4 Å². The minimum Gasteiger partial charge on any atom is -0.494 e. The molecule has 0 radical (unpaired) electrons. The number of nitrogens with one attached hydrogen (secondary N) is 1. The Balaban J connectivity index is 1.68. The van der Waals surface area contributed by atoms with Crippen LogP contribution in [0.2, 0.25) is 0 Å². The molecule has 0 unspecified atom stereocenters. The molecule has 0 aliphatic carbocycles. The average Bonchev–Trinajstić information content (AvgIpc) is 2.57. The Morgan fingerprint density at radius 1 is 1.22 bits per heavy atom. The van der Waals surface area contributed by atoms with Gasteiger partial charge in [0.1, 0.15) is 5.75 Å². The number of cyclic esters (lactones) is 1. The van der Waals surface area contributed by atoms with Gasteiger partial charge in [0, 0.05) is 12.1 Å².